The van der Waals surface area contributed by atoms with Crippen LogP contribution in [0, 0.1) is 0 Å². The number of hydrogen-bond acceptors (Lipinski definition) is 6. The van der Waals surface area contributed by atoms with Crippen molar-refractivity contribution in [2.45, 2.75) is 0 Å². The summed E-state index contributed by atoms with van der Waals surface area (Å²) in [5.74, 6) is 0. The van der Waals surface area contributed by atoms with Crippen LogP contribution in [-0.2, 0) is 19.4 Å². The van der Waals surface area contributed by atoms with Crippen molar-refractivity contribution in [3.05, 3.63) is 0 Å². The fraction of sp³-hybridized carbons (Fsp3) is 0. The molecule has 0 rings (SSSR count). The van der Waals surface area contributed by atoms with Gasteiger partial charge < -0.3 is 20.3 Å². The molecule has 0 saturated heterocycles. The molecule has 0 amide bonds. The molecular formula is C2H2Na2O6. The average Bonchev–Trinajstić information content (AvgIpc) is 1.88. The number of hydrogen-bond donors (Lipinski definition) is 0. The Hall–Kier alpha value is 0.860. The summed E-state index contributed by atoms with van der Waals surface area (Å²) in [5.41, 5.74) is 0. The van der Waals surface area contributed by atoms with Crippen LogP contribution in [0.25, 0.3) is 0 Å². The normalized spacial score (nSPS) is 4.20. The van der Waals surface area contributed by atoms with E-state index < -0.39 is 0 Å². The SMILES string of the molecule is O=CO[O-].O=CO[O-].[Na+].[Na+]. The zero-order chi connectivity index (χ0) is 6.83. The van der Waals surface area contributed by atoms with Crippen LogP contribution >= 0.6 is 0 Å². The fourth-order valence-corrected chi connectivity index (χ4v) is 0. The van der Waals surface area contributed by atoms with Gasteiger partial charge in [0.25, 0.3) is 12.9 Å². The van der Waals surface area contributed by atoms with Gasteiger partial charge in [-0.05, 0) is 0 Å². The van der Waals surface area contributed by atoms with E-state index in [1.165, 1.54) is 0 Å². The molecule has 48 valence electrons. The van der Waals surface area contributed by atoms with Gasteiger partial charge in [0.2, 0.25) is 0 Å². The molecular weight excluding hydrogens is 166 g/mol. The minimum atomic E-state index is -0.181. The van der Waals surface area contributed by atoms with Crippen LogP contribution in [0.5, 0.6) is 0 Å². The Morgan fingerprint density at radius 2 is 1.00 bits per heavy atom. The Morgan fingerprint density at radius 1 is 0.900 bits per heavy atom. The molecule has 0 bridgehead atoms. The van der Waals surface area contributed by atoms with E-state index in [4.69, 9.17) is 20.1 Å². The summed E-state index contributed by atoms with van der Waals surface area (Å²) in [6.07, 6.45) is 0. The molecule has 0 saturated carbocycles. The van der Waals surface area contributed by atoms with Gasteiger partial charge in [0.1, 0.15) is 0 Å². The van der Waals surface area contributed by atoms with E-state index in [1.54, 1.807) is 0 Å². The Bertz CT molecular complexity index is 49.7. The molecule has 0 spiro atoms. The molecule has 0 aliphatic heterocycles. The summed E-state index contributed by atoms with van der Waals surface area (Å²) < 4.78 is 0. The van der Waals surface area contributed by atoms with Crippen molar-refractivity contribution in [3.8, 4) is 0 Å². The van der Waals surface area contributed by atoms with E-state index in [-0.39, 0.29) is 72.1 Å². The first-order valence-corrected chi connectivity index (χ1v) is 1.28. The van der Waals surface area contributed by atoms with Gasteiger partial charge in [0.15, 0.2) is 0 Å². The molecule has 6 nitrogen and oxygen atoms in total. The Balaban J connectivity index is -0.0000000300. The molecule has 0 aliphatic rings. The van der Waals surface area contributed by atoms with Gasteiger partial charge in [-0.1, -0.05) is 0 Å². The van der Waals surface area contributed by atoms with Crippen molar-refractivity contribution >= 4 is 12.9 Å². The molecule has 0 aromatic rings. The standard InChI is InChI=1S/2CH2O3.2Na/c2*2-1-4-3;;/h2*1,3H;;/q;;2*+1/p-2. The molecule has 0 N–H and O–H groups in total. The minimum absolute atomic E-state index is 0. The molecule has 0 aromatic carbocycles. The number of carbonyl (C=O) groups is 2. The van der Waals surface area contributed by atoms with E-state index in [9.17, 15) is 0 Å². The fourth-order valence-electron chi connectivity index (χ4n) is 0. The zero-order valence-electron chi connectivity index (χ0n) is 5.60. The summed E-state index contributed by atoms with van der Waals surface area (Å²) >= 11 is 0. The maximum Gasteiger partial charge on any atom is 1.00 e. The van der Waals surface area contributed by atoms with E-state index in [0.717, 1.165) is 0 Å². The van der Waals surface area contributed by atoms with Gasteiger partial charge in [0, 0.05) is 0 Å². The predicted octanol–water partition coefficient (Wildman–Crippen LogP) is -9.12. The zero-order valence-corrected chi connectivity index (χ0v) is 9.60. The molecule has 0 radical (unpaired) electrons. The first-order valence-electron chi connectivity index (χ1n) is 1.28. The second-order valence-corrected chi connectivity index (χ2v) is 0.385. The maximum atomic E-state index is 8.64. The second-order valence-electron chi connectivity index (χ2n) is 0.385. The van der Waals surface area contributed by atoms with Crippen LogP contribution in [0.4, 0.5) is 0 Å². The van der Waals surface area contributed by atoms with E-state index in [1.807, 2.05) is 0 Å². The minimum Gasteiger partial charge on any atom is -0.662 e. The Morgan fingerprint density at radius 3 is 1.00 bits per heavy atom. The van der Waals surface area contributed by atoms with Crippen LogP contribution in [-0.4, -0.2) is 12.9 Å². The quantitative estimate of drug-likeness (QED) is 0.176. The van der Waals surface area contributed by atoms with Crippen LogP contribution in [0.1, 0.15) is 0 Å². The number of rotatable bonds is 2. The first-order chi connectivity index (χ1) is 3.83. The molecule has 0 heterocycles. The molecule has 0 fully saturated rings. The smallest absolute Gasteiger partial charge is 0.662 e. The van der Waals surface area contributed by atoms with Gasteiger partial charge in [-0.25, -0.2) is 0 Å². The third kappa shape index (κ3) is 66.9. The largest absolute Gasteiger partial charge is 1.00 e. The summed E-state index contributed by atoms with van der Waals surface area (Å²) in [4.78, 5) is 22.5. The monoisotopic (exact) mass is 168 g/mol. The average molecular weight is 168 g/mol. The summed E-state index contributed by atoms with van der Waals surface area (Å²) in [5, 5.41) is 16.9. The van der Waals surface area contributed by atoms with Crippen molar-refractivity contribution < 1.29 is 89.0 Å². The van der Waals surface area contributed by atoms with Crippen molar-refractivity contribution in [1.29, 1.82) is 0 Å². The van der Waals surface area contributed by atoms with Crippen LogP contribution in [0.15, 0.2) is 0 Å². The molecule has 0 aliphatic carbocycles. The van der Waals surface area contributed by atoms with Crippen LogP contribution in [0.2, 0.25) is 0 Å². The number of carbonyl (C=O) groups excluding carboxylic acids is 2. The van der Waals surface area contributed by atoms with E-state index in [2.05, 4.69) is 9.78 Å². The van der Waals surface area contributed by atoms with Gasteiger partial charge in [-0.15, -0.1) is 0 Å². The summed E-state index contributed by atoms with van der Waals surface area (Å²) in [6, 6.07) is 0. The first kappa shape index (κ1) is 22.4. The third-order valence-electron chi connectivity index (χ3n) is 0.0786. The molecule has 0 aromatic heterocycles. The molecule has 8 heteroatoms. The second kappa shape index (κ2) is 32.8. The third-order valence-corrected chi connectivity index (χ3v) is 0.0786. The van der Waals surface area contributed by atoms with Gasteiger partial charge in [-0.2, -0.15) is 0 Å². The van der Waals surface area contributed by atoms with Crippen molar-refractivity contribution in [1.82, 2.24) is 0 Å². The maximum absolute atomic E-state index is 8.64. The van der Waals surface area contributed by atoms with Crippen LogP contribution < -0.4 is 69.6 Å². The van der Waals surface area contributed by atoms with Crippen molar-refractivity contribution in [3.63, 3.8) is 0 Å². The van der Waals surface area contributed by atoms with E-state index in [0.29, 0.717) is 0 Å². The Labute approximate surface area is 101 Å². The van der Waals surface area contributed by atoms with E-state index >= 15 is 0 Å². The predicted molar refractivity (Wildman–Crippen MR) is 14.3 cm³/mol. The van der Waals surface area contributed by atoms with Gasteiger partial charge in [0.05, 0.1) is 0 Å². The molecule has 0 atom stereocenters. The molecule has 0 unspecified atom stereocenters. The van der Waals surface area contributed by atoms with Gasteiger partial charge in [-0.3, -0.25) is 9.59 Å². The van der Waals surface area contributed by atoms with Crippen LogP contribution in [0.3, 0.4) is 0 Å². The summed E-state index contributed by atoms with van der Waals surface area (Å²) in [6.45, 7) is -0.361. The van der Waals surface area contributed by atoms with Crippen molar-refractivity contribution in [2.24, 2.45) is 0 Å². The summed E-state index contributed by atoms with van der Waals surface area (Å²) in [7, 11) is 0. The Kier molecular flexibility index (Phi) is 73.5. The van der Waals surface area contributed by atoms with Gasteiger partial charge >= 0.3 is 59.1 Å². The topological polar surface area (TPSA) is 98.7 Å². The molecule has 10 heavy (non-hydrogen) atoms. The van der Waals surface area contributed by atoms with Crippen molar-refractivity contribution in [2.75, 3.05) is 0 Å².